The number of hydrogen-bond donors (Lipinski definition) is 0. The molecule has 0 aliphatic carbocycles. The van der Waals surface area contributed by atoms with Crippen LogP contribution in [-0.2, 0) is 30.3 Å². The molecule has 110 valence electrons. The molecular weight excluding hydrogens is 288 g/mol. The third-order valence-electron chi connectivity index (χ3n) is 2.95. The molecule has 0 fully saturated rings. The molecule has 0 saturated carbocycles. The summed E-state index contributed by atoms with van der Waals surface area (Å²) in [5.41, 5.74) is 0.421. The number of ether oxygens (including phenoxy) is 3. The van der Waals surface area contributed by atoms with Gasteiger partial charge >= 0.3 is 5.97 Å². The van der Waals surface area contributed by atoms with Gasteiger partial charge < -0.3 is 14.2 Å². The zero-order valence-corrected chi connectivity index (χ0v) is 12.0. The molecule has 0 bridgehead atoms. The lowest BCUT2D eigenvalue weighted by atomic mass is 10.1. The average Bonchev–Trinajstić information content (AvgIpc) is 2.44. The number of hydrogen-bond acceptors (Lipinski definition) is 7. The predicted octanol–water partition coefficient (Wildman–Crippen LogP) is 0.507. The van der Waals surface area contributed by atoms with Crippen LogP contribution in [0.25, 0.3) is 0 Å². The Morgan fingerprint density at radius 2 is 1.80 bits per heavy atom. The van der Waals surface area contributed by atoms with E-state index in [0.29, 0.717) is 11.3 Å². The molecule has 1 aromatic rings. The van der Waals surface area contributed by atoms with Crippen LogP contribution in [0.15, 0.2) is 17.0 Å². The quantitative estimate of drug-likeness (QED) is 0.593. The van der Waals surface area contributed by atoms with E-state index in [9.17, 15) is 13.2 Å². The van der Waals surface area contributed by atoms with Crippen LogP contribution < -0.4 is 9.47 Å². The highest BCUT2D eigenvalue weighted by Crippen LogP contribution is 2.37. The number of methoxy groups -OCH3 is 3. The fourth-order valence-electron chi connectivity index (χ4n) is 1.99. The summed E-state index contributed by atoms with van der Waals surface area (Å²) in [4.78, 5) is 11.4. The van der Waals surface area contributed by atoms with Crippen LogP contribution in [0.5, 0.6) is 11.5 Å². The number of benzene rings is 1. The monoisotopic (exact) mass is 302 g/mol. The van der Waals surface area contributed by atoms with Gasteiger partial charge in [0.05, 0.1) is 21.3 Å². The third-order valence-corrected chi connectivity index (χ3v) is 4.35. The maximum absolute atomic E-state index is 12.0. The minimum absolute atomic E-state index is 0.0321. The van der Waals surface area contributed by atoms with E-state index in [4.69, 9.17) is 13.7 Å². The van der Waals surface area contributed by atoms with Crippen LogP contribution in [-0.4, -0.2) is 41.8 Å². The SMILES string of the molecule is COC(=O)C1Cc2cc(OC)c(OC)cc2S(=O)(=O)O1. The summed E-state index contributed by atoms with van der Waals surface area (Å²) in [6.45, 7) is 0. The van der Waals surface area contributed by atoms with Gasteiger partial charge in [0.15, 0.2) is 17.6 Å². The molecule has 2 rings (SSSR count). The van der Waals surface area contributed by atoms with Gasteiger partial charge in [-0.25, -0.2) is 4.79 Å². The zero-order valence-electron chi connectivity index (χ0n) is 11.2. The fraction of sp³-hybridized carbons (Fsp3) is 0.417. The van der Waals surface area contributed by atoms with Crippen LogP contribution in [0.2, 0.25) is 0 Å². The Morgan fingerprint density at radius 1 is 1.20 bits per heavy atom. The van der Waals surface area contributed by atoms with E-state index in [-0.39, 0.29) is 17.1 Å². The van der Waals surface area contributed by atoms with Crippen molar-refractivity contribution in [3.63, 3.8) is 0 Å². The molecule has 0 aromatic heterocycles. The molecule has 1 aromatic carbocycles. The van der Waals surface area contributed by atoms with Gasteiger partial charge in [-0.05, 0) is 11.6 Å². The second kappa shape index (κ2) is 5.29. The van der Waals surface area contributed by atoms with E-state index in [2.05, 4.69) is 4.74 Å². The Labute approximate surface area is 116 Å². The van der Waals surface area contributed by atoms with Crippen LogP contribution in [0, 0.1) is 0 Å². The molecule has 1 aliphatic heterocycles. The topological polar surface area (TPSA) is 88.1 Å². The molecule has 1 unspecified atom stereocenters. The van der Waals surface area contributed by atoms with E-state index in [0.717, 1.165) is 0 Å². The van der Waals surface area contributed by atoms with Crippen molar-refractivity contribution in [2.24, 2.45) is 0 Å². The molecule has 1 heterocycles. The lowest BCUT2D eigenvalue weighted by molar-refractivity contribution is -0.148. The molecule has 7 nitrogen and oxygen atoms in total. The van der Waals surface area contributed by atoms with Gasteiger partial charge in [-0.2, -0.15) is 8.42 Å². The molecule has 0 N–H and O–H groups in total. The number of carbonyl (C=O) groups is 1. The minimum atomic E-state index is -4.04. The van der Waals surface area contributed by atoms with Crippen LogP contribution >= 0.6 is 0 Å². The number of carbonyl (C=O) groups excluding carboxylic acids is 1. The first-order chi connectivity index (χ1) is 9.42. The maximum Gasteiger partial charge on any atom is 0.336 e. The Morgan fingerprint density at radius 3 is 2.35 bits per heavy atom. The number of fused-ring (bicyclic) bond motifs is 1. The molecule has 20 heavy (non-hydrogen) atoms. The highest BCUT2D eigenvalue weighted by atomic mass is 32.2. The standard InChI is InChI=1S/C12H14O7S/c1-16-8-4-7-5-10(12(13)18-3)19-20(14,15)11(7)6-9(8)17-2/h4,6,10H,5H2,1-3H3. The highest BCUT2D eigenvalue weighted by Gasteiger charge is 2.37. The Hall–Kier alpha value is -1.80. The van der Waals surface area contributed by atoms with Crippen molar-refractivity contribution in [1.29, 1.82) is 0 Å². The van der Waals surface area contributed by atoms with Gasteiger partial charge in [-0.1, -0.05) is 0 Å². The van der Waals surface area contributed by atoms with E-state index >= 15 is 0 Å². The summed E-state index contributed by atoms with van der Waals surface area (Å²) in [6.07, 6.45) is -1.10. The van der Waals surface area contributed by atoms with E-state index in [1.165, 1.54) is 33.5 Å². The summed E-state index contributed by atoms with van der Waals surface area (Å²) >= 11 is 0. The minimum Gasteiger partial charge on any atom is -0.493 e. The molecule has 0 radical (unpaired) electrons. The Balaban J connectivity index is 2.55. The molecule has 0 amide bonds. The van der Waals surface area contributed by atoms with Gasteiger partial charge in [-0.3, -0.25) is 4.18 Å². The van der Waals surface area contributed by atoms with Crippen molar-refractivity contribution in [3.05, 3.63) is 17.7 Å². The van der Waals surface area contributed by atoms with Gasteiger partial charge in [0, 0.05) is 12.5 Å². The van der Waals surface area contributed by atoms with Crippen molar-refractivity contribution < 1.29 is 31.6 Å². The van der Waals surface area contributed by atoms with Gasteiger partial charge in [0.2, 0.25) is 0 Å². The fourth-order valence-corrected chi connectivity index (χ4v) is 3.26. The van der Waals surface area contributed by atoms with Gasteiger partial charge in [0.1, 0.15) is 4.90 Å². The van der Waals surface area contributed by atoms with Gasteiger partial charge in [-0.15, -0.1) is 0 Å². The molecule has 0 saturated heterocycles. The number of esters is 1. The van der Waals surface area contributed by atoms with Crippen molar-refractivity contribution >= 4 is 16.1 Å². The van der Waals surface area contributed by atoms with Gasteiger partial charge in [0.25, 0.3) is 10.1 Å². The normalized spacial score (nSPS) is 19.9. The first-order valence-corrected chi connectivity index (χ1v) is 7.09. The summed E-state index contributed by atoms with van der Waals surface area (Å²) in [7, 11) is -0.0303. The van der Waals surface area contributed by atoms with Crippen molar-refractivity contribution in [2.45, 2.75) is 17.4 Å². The van der Waals surface area contributed by atoms with E-state index in [1.54, 1.807) is 0 Å². The summed E-state index contributed by atoms with van der Waals surface area (Å²) < 4.78 is 43.6. The second-order valence-electron chi connectivity index (χ2n) is 4.08. The second-order valence-corrected chi connectivity index (χ2v) is 5.62. The molecule has 1 atom stereocenters. The zero-order chi connectivity index (χ0) is 14.9. The van der Waals surface area contributed by atoms with Crippen LogP contribution in [0.3, 0.4) is 0 Å². The largest absolute Gasteiger partial charge is 0.493 e. The lowest BCUT2D eigenvalue weighted by Crippen LogP contribution is -2.35. The van der Waals surface area contributed by atoms with E-state index < -0.39 is 22.2 Å². The average molecular weight is 302 g/mol. The van der Waals surface area contributed by atoms with E-state index in [1.807, 2.05) is 0 Å². The first kappa shape index (κ1) is 14.6. The van der Waals surface area contributed by atoms with Crippen molar-refractivity contribution in [3.8, 4) is 11.5 Å². The van der Waals surface area contributed by atoms with Crippen LogP contribution in [0.1, 0.15) is 5.56 Å². The molecule has 0 spiro atoms. The summed E-state index contributed by atoms with van der Waals surface area (Å²) in [5, 5.41) is 0. The molecule has 8 heteroatoms. The summed E-state index contributed by atoms with van der Waals surface area (Å²) in [6, 6.07) is 2.83. The Bertz CT molecular complexity index is 635. The van der Waals surface area contributed by atoms with Crippen molar-refractivity contribution in [1.82, 2.24) is 0 Å². The third kappa shape index (κ3) is 2.44. The predicted molar refractivity (Wildman–Crippen MR) is 67.3 cm³/mol. The summed E-state index contributed by atoms with van der Waals surface area (Å²) in [5.74, 6) is -0.0871. The Kier molecular flexibility index (Phi) is 3.87. The van der Waals surface area contributed by atoms with Crippen molar-refractivity contribution in [2.75, 3.05) is 21.3 Å². The number of rotatable bonds is 3. The van der Waals surface area contributed by atoms with Crippen LogP contribution in [0.4, 0.5) is 0 Å². The molecular formula is C12H14O7S. The molecule has 1 aliphatic rings. The smallest absolute Gasteiger partial charge is 0.336 e. The first-order valence-electron chi connectivity index (χ1n) is 5.69. The lowest BCUT2D eigenvalue weighted by Gasteiger charge is -2.24. The highest BCUT2D eigenvalue weighted by molar-refractivity contribution is 7.87. The maximum atomic E-state index is 12.0.